The Balaban J connectivity index is 0.000000147. The Labute approximate surface area is 180 Å². The second kappa shape index (κ2) is 8.66. The molecule has 3 aliphatic heterocycles. The zero-order chi connectivity index (χ0) is 20.3. The first-order valence-corrected chi connectivity index (χ1v) is 11.8. The van der Waals surface area contributed by atoms with E-state index in [1.54, 1.807) is 0 Å². The maximum absolute atomic E-state index is 11.1. The number of ether oxygens (including phenoxy) is 2. The lowest BCUT2D eigenvalue weighted by Crippen LogP contribution is -2.27. The Morgan fingerprint density at radius 2 is 1.13 bits per heavy atom. The van der Waals surface area contributed by atoms with Crippen molar-refractivity contribution in [3.8, 4) is 0 Å². The van der Waals surface area contributed by atoms with Crippen molar-refractivity contribution in [1.29, 1.82) is 0 Å². The van der Waals surface area contributed by atoms with Gasteiger partial charge in [-0.05, 0) is 49.2 Å². The normalized spacial score (nSPS) is 26.1. The number of carbonyl (C=O) groups is 1. The molecule has 0 amide bonds. The molecule has 30 heavy (non-hydrogen) atoms. The van der Waals surface area contributed by atoms with E-state index in [4.69, 9.17) is 9.47 Å². The number of benzene rings is 3. The fraction of sp³-hybridized carbons (Fsp3) is 0.269. The zero-order valence-corrected chi connectivity index (χ0v) is 17.5. The lowest BCUT2D eigenvalue weighted by atomic mass is 9.81. The third-order valence-corrected chi connectivity index (χ3v) is 8.28. The summed E-state index contributed by atoms with van der Waals surface area (Å²) in [6.07, 6.45) is 2.71. The number of rotatable bonds is 3. The first-order valence-electron chi connectivity index (χ1n) is 10.5. The van der Waals surface area contributed by atoms with Crippen LogP contribution in [0.1, 0.15) is 12.8 Å². The van der Waals surface area contributed by atoms with Gasteiger partial charge in [0.1, 0.15) is 0 Å². The van der Waals surface area contributed by atoms with Crippen LogP contribution in [0.5, 0.6) is 0 Å². The molecule has 3 aromatic rings. The van der Waals surface area contributed by atoms with Crippen LogP contribution in [0.3, 0.4) is 0 Å². The summed E-state index contributed by atoms with van der Waals surface area (Å²) in [7, 11) is -0.0146. The van der Waals surface area contributed by atoms with Crippen molar-refractivity contribution in [2.45, 2.75) is 39.7 Å². The van der Waals surface area contributed by atoms with Crippen molar-refractivity contribution in [3.63, 3.8) is 0 Å². The molecule has 4 heteroatoms. The van der Waals surface area contributed by atoms with Gasteiger partial charge in [0.15, 0.2) is 14.7 Å². The third-order valence-electron chi connectivity index (χ3n) is 6.05. The molecule has 3 nitrogen and oxygen atoms in total. The van der Waals surface area contributed by atoms with Crippen molar-refractivity contribution < 1.29 is 14.3 Å². The molecule has 0 aromatic heterocycles. The zero-order valence-electron chi connectivity index (χ0n) is 16.7. The minimum absolute atomic E-state index is 0.0146. The molecule has 4 atom stereocenters. The number of carbonyl (C=O) groups excluding carboxylic acids is 1. The van der Waals surface area contributed by atoms with E-state index in [1.165, 1.54) is 14.7 Å². The molecule has 0 saturated carbocycles. The van der Waals surface area contributed by atoms with Gasteiger partial charge in [0.2, 0.25) is 0 Å². The third kappa shape index (κ3) is 3.78. The van der Waals surface area contributed by atoms with Crippen LogP contribution in [-0.4, -0.2) is 24.8 Å². The Morgan fingerprint density at radius 3 is 1.60 bits per heavy atom. The molecule has 3 saturated heterocycles. The molecule has 3 heterocycles. The molecule has 3 aliphatic rings. The van der Waals surface area contributed by atoms with Crippen molar-refractivity contribution in [3.05, 3.63) is 91.0 Å². The van der Waals surface area contributed by atoms with Crippen LogP contribution in [0.4, 0.5) is 0 Å². The summed E-state index contributed by atoms with van der Waals surface area (Å²) in [4.78, 5) is 15.2. The van der Waals surface area contributed by atoms with Gasteiger partial charge in [-0.3, -0.25) is 4.79 Å². The Morgan fingerprint density at radius 1 is 0.667 bits per heavy atom. The second-order valence-corrected chi connectivity index (χ2v) is 9.88. The molecule has 3 fully saturated rings. The monoisotopic (exact) mass is 417 g/mol. The molecule has 4 unspecified atom stereocenters. The summed E-state index contributed by atoms with van der Waals surface area (Å²) in [6.45, 7) is 0.602. The van der Waals surface area contributed by atoms with E-state index in [2.05, 4.69) is 91.0 Å². The van der Waals surface area contributed by atoms with Crippen LogP contribution in [0.25, 0.3) is 0 Å². The maximum Gasteiger partial charge on any atom is 0.312 e. The molecule has 2 bridgehead atoms. The highest BCUT2D eigenvalue weighted by Crippen LogP contribution is 2.46. The van der Waals surface area contributed by atoms with Crippen molar-refractivity contribution in [1.82, 2.24) is 0 Å². The first kappa shape index (κ1) is 19.4. The Kier molecular flexibility index (Phi) is 5.60. The molecule has 3 aromatic carbocycles. The quantitative estimate of drug-likeness (QED) is 0.438. The number of esters is 1. The molecule has 0 radical (unpaired) electrons. The molecular weight excluding hydrogens is 392 g/mol. The summed E-state index contributed by atoms with van der Waals surface area (Å²) in [5.74, 6) is 0.456. The second-order valence-electron chi connectivity index (χ2n) is 7.86. The number of hydrogen-bond donors (Lipinski definition) is 0. The Bertz CT molecular complexity index is 883. The molecule has 0 spiro atoms. The highest BCUT2D eigenvalue weighted by Gasteiger charge is 2.56. The van der Waals surface area contributed by atoms with E-state index in [-0.39, 0.29) is 28.9 Å². The molecule has 0 N–H and O–H groups in total. The van der Waals surface area contributed by atoms with Gasteiger partial charge in [-0.25, -0.2) is 0 Å². The van der Waals surface area contributed by atoms with Gasteiger partial charge in [-0.1, -0.05) is 54.6 Å². The van der Waals surface area contributed by atoms with E-state index in [9.17, 15) is 4.79 Å². The minimum atomic E-state index is -0.0257. The van der Waals surface area contributed by atoms with Crippen molar-refractivity contribution >= 4 is 16.9 Å². The van der Waals surface area contributed by atoms with E-state index in [1.807, 2.05) is 0 Å². The van der Waals surface area contributed by atoms with Crippen LogP contribution >= 0.6 is 0 Å². The molecular formula is C26H25O3S+. The minimum Gasteiger partial charge on any atom is -0.465 e. The topological polar surface area (TPSA) is 35.5 Å². The highest BCUT2D eigenvalue weighted by atomic mass is 32.2. The molecule has 152 valence electrons. The van der Waals surface area contributed by atoms with Gasteiger partial charge >= 0.3 is 5.97 Å². The van der Waals surface area contributed by atoms with Gasteiger partial charge in [-0.2, -0.15) is 0 Å². The number of cyclic esters (lactones) is 1. The smallest absolute Gasteiger partial charge is 0.312 e. The Hall–Kier alpha value is -2.56. The van der Waals surface area contributed by atoms with E-state index < -0.39 is 0 Å². The fourth-order valence-corrected chi connectivity index (χ4v) is 6.77. The van der Waals surface area contributed by atoms with Crippen molar-refractivity contribution in [2.24, 2.45) is 11.8 Å². The summed E-state index contributed by atoms with van der Waals surface area (Å²) in [5, 5.41) is 0. The summed E-state index contributed by atoms with van der Waals surface area (Å²) in [5.41, 5.74) is 0. The van der Waals surface area contributed by atoms with Gasteiger partial charge in [0, 0.05) is 5.92 Å². The SMILES string of the molecule is O=C1OCC2C3CCC(O3)C12.c1ccc([S+](c2ccccc2)c2ccccc2)cc1. The molecule has 6 rings (SSSR count). The molecule has 0 aliphatic carbocycles. The van der Waals surface area contributed by atoms with Gasteiger partial charge in [-0.15, -0.1) is 0 Å². The first-order chi connectivity index (χ1) is 14.8. The lowest BCUT2D eigenvalue weighted by Gasteiger charge is -2.14. The average molecular weight is 418 g/mol. The van der Waals surface area contributed by atoms with Gasteiger partial charge < -0.3 is 9.47 Å². The predicted molar refractivity (Wildman–Crippen MR) is 117 cm³/mol. The van der Waals surface area contributed by atoms with Gasteiger partial charge in [0.25, 0.3) is 0 Å². The highest BCUT2D eigenvalue weighted by molar-refractivity contribution is 7.97. The largest absolute Gasteiger partial charge is 0.465 e. The predicted octanol–water partition coefficient (Wildman–Crippen LogP) is 5.12. The lowest BCUT2D eigenvalue weighted by molar-refractivity contribution is -0.143. The van der Waals surface area contributed by atoms with Crippen LogP contribution in [-0.2, 0) is 25.2 Å². The van der Waals surface area contributed by atoms with Crippen LogP contribution in [0.2, 0.25) is 0 Å². The summed E-state index contributed by atoms with van der Waals surface area (Å²) in [6, 6.07) is 32.2. The van der Waals surface area contributed by atoms with Gasteiger partial charge in [0.05, 0.1) is 35.6 Å². The van der Waals surface area contributed by atoms with Crippen LogP contribution in [0.15, 0.2) is 106 Å². The average Bonchev–Trinajstić information content (AvgIpc) is 3.52. The standard InChI is InChI=1S/C18H15S.C8H10O3/c1-4-10-16(11-5-1)19(17-12-6-2-7-13-17)18-14-8-3-9-15-18;9-8-7-4(3-10-8)5-1-2-6(7)11-5/h1-15H;4-7H,1-3H2/q+1;. The summed E-state index contributed by atoms with van der Waals surface area (Å²) < 4.78 is 10.6. The maximum atomic E-state index is 11.1. The summed E-state index contributed by atoms with van der Waals surface area (Å²) >= 11 is 0. The van der Waals surface area contributed by atoms with E-state index >= 15 is 0 Å². The van der Waals surface area contributed by atoms with Crippen LogP contribution in [0, 0.1) is 11.8 Å². The number of fused-ring (bicyclic) bond motifs is 5. The fourth-order valence-electron chi connectivity index (χ4n) is 4.67. The van der Waals surface area contributed by atoms with Crippen molar-refractivity contribution in [2.75, 3.05) is 6.61 Å². The number of hydrogen-bond acceptors (Lipinski definition) is 3. The van der Waals surface area contributed by atoms with E-state index in [0.717, 1.165) is 12.8 Å². The van der Waals surface area contributed by atoms with E-state index in [0.29, 0.717) is 18.6 Å². The van der Waals surface area contributed by atoms with Crippen LogP contribution < -0.4 is 0 Å².